The summed E-state index contributed by atoms with van der Waals surface area (Å²) in [6, 6.07) is 28.7. The molecule has 0 N–H and O–H groups in total. The van der Waals surface area contributed by atoms with E-state index < -0.39 is 0 Å². The van der Waals surface area contributed by atoms with Crippen LogP contribution < -0.4 is 24.8 Å². The summed E-state index contributed by atoms with van der Waals surface area (Å²) in [6.07, 6.45) is 7.94. The molecule has 3 aromatic carbocycles. The largest absolute Gasteiger partial charge is 1.00 e. The Morgan fingerprint density at radius 2 is 1.53 bits per heavy atom. The molecule has 0 saturated heterocycles. The van der Waals surface area contributed by atoms with Crippen molar-refractivity contribution < 1.29 is 49.0 Å². The topological polar surface area (TPSA) is 0 Å². The molecular formula is C33H36Cl2Zr-2. The van der Waals surface area contributed by atoms with Gasteiger partial charge in [0.25, 0.3) is 0 Å². The first-order chi connectivity index (χ1) is 16.2. The maximum Gasteiger partial charge on any atom is -0.0253 e. The van der Waals surface area contributed by atoms with Crippen molar-refractivity contribution in [2.45, 2.75) is 54.4 Å². The molecule has 0 fully saturated rings. The van der Waals surface area contributed by atoms with Gasteiger partial charge in [-0.2, -0.15) is 41.5 Å². The standard InChI is InChI=1S/C13H9.C11H17.C9H10.2ClH.Zr/c1-3-7-12-10(5-1)9-11-6-2-4-8-13(11)12;1-8-6-9(2)10(7-8)11(3,4)5;1-2-6-9-7-4-3-5-8-9;;;/h1-5,7-8H,9H2;7-8H,1-5H3;3-5,7-8H,2H2,1H3;2*1H;/q2*-1;;;;+2/p-2. The van der Waals surface area contributed by atoms with E-state index in [1.807, 2.05) is 6.07 Å². The van der Waals surface area contributed by atoms with E-state index in [0.29, 0.717) is 11.3 Å². The molecular weight excluding hydrogens is 558 g/mol. The van der Waals surface area contributed by atoms with Gasteiger partial charge in [-0.15, -0.1) is 5.56 Å². The molecule has 0 spiro atoms. The summed E-state index contributed by atoms with van der Waals surface area (Å²) < 4.78 is 1.55. The molecule has 1 unspecified atom stereocenters. The van der Waals surface area contributed by atoms with Crippen LogP contribution in [0.25, 0.3) is 11.1 Å². The van der Waals surface area contributed by atoms with Gasteiger partial charge >= 0.3 is 76.7 Å². The number of benzene rings is 3. The van der Waals surface area contributed by atoms with Crippen molar-refractivity contribution in [1.82, 2.24) is 0 Å². The van der Waals surface area contributed by atoms with Crippen molar-refractivity contribution in [1.29, 1.82) is 0 Å². The van der Waals surface area contributed by atoms with Crippen LogP contribution >= 0.6 is 0 Å². The third-order valence-electron chi connectivity index (χ3n) is 6.17. The Morgan fingerprint density at radius 3 is 2.08 bits per heavy atom. The summed E-state index contributed by atoms with van der Waals surface area (Å²) in [5.41, 5.74) is 10.0. The molecule has 188 valence electrons. The van der Waals surface area contributed by atoms with Gasteiger partial charge in [0.15, 0.2) is 0 Å². The number of allylic oxidation sites excluding steroid dienone is 4. The monoisotopic (exact) mass is 592 g/mol. The zero-order chi connectivity index (χ0) is 24.7. The smallest absolute Gasteiger partial charge is 0.0253 e. The SMILES string of the molecule is CC1=[C-]C(C)C=C1C(C)(C)C.CC[C](=[Zr+2])c1ccccc1.[Cl-].[Cl-].[c-]1cccc2c1Cc1ccccc1-2. The van der Waals surface area contributed by atoms with Gasteiger partial charge in [0, 0.05) is 0 Å². The minimum Gasteiger partial charge on any atom is -1.00 e. The van der Waals surface area contributed by atoms with Gasteiger partial charge in [-0.25, -0.2) is 5.57 Å². The van der Waals surface area contributed by atoms with Gasteiger partial charge < -0.3 is 24.8 Å². The molecule has 5 rings (SSSR count). The van der Waals surface area contributed by atoms with Crippen molar-refractivity contribution in [3.63, 3.8) is 0 Å². The zero-order valence-corrected chi connectivity index (χ0v) is 26.2. The third-order valence-corrected chi connectivity index (χ3v) is 7.74. The van der Waals surface area contributed by atoms with Gasteiger partial charge in [-0.3, -0.25) is 6.08 Å². The summed E-state index contributed by atoms with van der Waals surface area (Å²) in [6.45, 7) is 13.3. The maximum atomic E-state index is 3.40. The first-order valence-electron chi connectivity index (χ1n) is 12.2. The Balaban J connectivity index is 0.000000266. The first kappa shape index (κ1) is 32.5. The van der Waals surface area contributed by atoms with Crippen molar-refractivity contribution in [3.8, 4) is 11.1 Å². The Bertz CT molecular complexity index is 1140. The van der Waals surface area contributed by atoms with Crippen LogP contribution in [0.4, 0.5) is 0 Å². The van der Waals surface area contributed by atoms with E-state index in [2.05, 4.69) is 126 Å². The second kappa shape index (κ2) is 15.0. The normalized spacial score (nSPS) is 14.7. The summed E-state index contributed by atoms with van der Waals surface area (Å²) in [4.78, 5) is 0. The van der Waals surface area contributed by atoms with Crippen LogP contribution in [0.5, 0.6) is 0 Å². The zero-order valence-electron chi connectivity index (χ0n) is 22.3. The predicted molar refractivity (Wildman–Crippen MR) is 143 cm³/mol. The van der Waals surface area contributed by atoms with Crippen molar-refractivity contribution in [3.05, 3.63) is 119 Å². The third kappa shape index (κ3) is 8.80. The quantitative estimate of drug-likeness (QED) is 0.313. The molecule has 0 saturated carbocycles. The van der Waals surface area contributed by atoms with Crippen LogP contribution in [0.2, 0.25) is 0 Å². The molecule has 3 heteroatoms. The molecule has 36 heavy (non-hydrogen) atoms. The van der Waals surface area contributed by atoms with E-state index >= 15 is 0 Å². The number of hydrogen-bond acceptors (Lipinski definition) is 0. The average Bonchev–Trinajstić information content (AvgIpc) is 3.39. The Morgan fingerprint density at radius 1 is 0.917 bits per heavy atom. The fourth-order valence-corrected chi connectivity index (χ4v) is 4.90. The number of hydrogen-bond donors (Lipinski definition) is 0. The second-order valence-corrected chi connectivity index (χ2v) is 11.5. The predicted octanol–water partition coefficient (Wildman–Crippen LogP) is 2.59. The van der Waals surface area contributed by atoms with Crippen LogP contribution in [0.3, 0.4) is 0 Å². The summed E-state index contributed by atoms with van der Waals surface area (Å²) >= 11 is 1.54. The van der Waals surface area contributed by atoms with Crippen molar-refractivity contribution in [2.75, 3.05) is 0 Å². The van der Waals surface area contributed by atoms with E-state index in [0.717, 1.165) is 6.42 Å². The molecule has 0 nitrogen and oxygen atoms in total. The van der Waals surface area contributed by atoms with E-state index in [1.54, 1.807) is 3.21 Å². The van der Waals surface area contributed by atoms with Crippen molar-refractivity contribution in [2.24, 2.45) is 11.3 Å². The van der Waals surface area contributed by atoms with E-state index in [-0.39, 0.29) is 24.8 Å². The summed E-state index contributed by atoms with van der Waals surface area (Å²) in [7, 11) is 0. The van der Waals surface area contributed by atoms with E-state index in [1.165, 1.54) is 69.6 Å². The molecule has 0 heterocycles. The Hall–Kier alpha value is -1.53. The van der Waals surface area contributed by atoms with Crippen molar-refractivity contribution >= 4 is 3.21 Å². The first-order valence-corrected chi connectivity index (χ1v) is 13.5. The molecule has 0 aliphatic heterocycles. The van der Waals surface area contributed by atoms with Gasteiger partial charge in [0.1, 0.15) is 0 Å². The Labute approximate surface area is 246 Å². The summed E-state index contributed by atoms with van der Waals surface area (Å²) in [5, 5.41) is 0. The minimum absolute atomic E-state index is 0. The molecule has 0 radical (unpaired) electrons. The maximum absolute atomic E-state index is 3.40. The van der Waals surface area contributed by atoms with E-state index in [9.17, 15) is 0 Å². The number of halogens is 2. The van der Waals surface area contributed by atoms with Crippen LogP contribution in [0, 0.1) is 23.5 Å². The van der Waals surface area contributed by atoms with Crippen LogP contribution in [0.1, 0.15) is 64.7 Å². The molecule has 3 aromatic rings. The average molecular weight is 595 g/mol. The van der Waals surface area contributed by atoms with Gasteiger partial charge in [0.05, 0.1) is 0 Å². The fourth-order valence-electron chi connectivity index (χ4n) is 4.49. The summed E-state index contributed by atoms with van der Waals surface area (Å²) in [5.74, 6) is 0.518. The molecule has 2 aliphatic rings. The van der Waals surface area contributed by atoms with Gasteiger partial charge in [-0.1, -0.05) is 81.3 Å². The minimum atomic E-state index is 0. The number of rotatable bonds is 2. The number of fused-ring (bicyclic) bond motifs is 3. The second-order valence-electron chi connectivity index (χ2n) is 9.98. The van der Waals surface area contributed by atoms with E-state index in [4.69, 9.17) is 0 Å². The Kier molecular flexibility index (Phi) is 13.6. The molecule has 0 bridgehead atoms. The fraction of sp³-hybridized carbons (Fsp3) is 0.303. The van der Waals surface area contributed by atoms with Crippen LogP contribution in [0.15, 0.2) is 90.0 Å². The van der Waals surface area contributed by atoms with Crippen LogP contribution in [-0.4, -0.2) is 3.21 Å². The van der Waals surface area contributed by atoms with Gasteiger partial charge in [-0.05, 0) is 6.42 Å². The molecule has 2 aliphatic carbocycles. The molecule has 0 aromatic heterocycles. The van der Waals surface area contributed by atoms with Gasteiger partial charge in [0.2, 0.25) is 0 Å². The molecule has 0 amide bonds. The molecule has 1 atom stereocenters. The van der Waals surface area contributed by atoms with Crippen LogP contribution in [-0.2, 0) is 30.7 Å².